The van der Waals surface area contributed by atoms with Gasteiger partial charge in [0.15, 0.2) is 0 Å². The molecule has 3 rings (SSSR count). The van der Waals surface area contributed by atoms with E-state index in [0.29, 0.717) is 44.9 Å². The van der Waals surface area contributed by atoms with E-state index in [0.717, 1.165) is 0 Å². The van der Waals surface area contributed by atoms with Crippen LogP contribution in [-0.2, 0) is 16.0 Å². The van der Waals surface area contributed by atoms with Gasteiger partial charge < -0.3 is 20.1 Å². The number of rotatable bonds is 9. The number of amides is 1. The molecule has 0 aliphatic heterocycles. The third kappa shape index (κ3) is 4.77. The molecule has 0 fully saturated rings. The van der Waals surface area contributed by atoms with Gasteiger partial charge in [0.25, 0.3) is 5.91 Å². The fraction of sp³-hybridized carbons (Fsp3) is 0.273. The second kappa shape index (κ2) is 10.2. The van der Waals surface area contributed by atoms with Gasteiger partial charge in [-0.2, -0.15) is 0 Å². The predicted molar refractivity (Wildman–Crippen MR) is 116 cm³/mol. The molecule has 0 bridgehead atoms. The summed E-state index contributed by atoms with van der Waals surface area (Å²) in [6.45, 7) is 2.91. The second-order valence-corrected chi connectivity index (χ2v) is 7.44. The zero-order valence-corrected chi connectivity index (χ0v) is 17.6. The Morgan fingerprint density at radius 1 is 1.13 bits per heavy atom. The lowest BCUT2D eigenvalue weighted by atomic mass is 10.1. The van der Waals surface area contributed by atoms with E-state index >= 15 is 0 Å². The molecule has 1 heterocycles. The van der Waals surface area contributed by atoms with Gasteiger partial charge in [-0.25, -0.2) is 9.18 Å². The largest absolute Gasteiger partial charge is 0.462 e. The van der Waals surface area contributed by atoms with Crippen LogP contribution in [0.3, 0.4) is 0 Å². The lowest BCUT2D eigenvalue weighted by Crippen LogP contribution is -2.27. The van der Waals surface area contributed by atoms with Crippen LogP contribution in [0.15, 0.2) is 42.5 Å². The average molecular weight is 431 g/mol. The van der Waals surface area contributed by atoms with Crippen LogP contribution in [0.4, 0.5) is 10.1 Å². The van der Waals surface area contributed by atoms with Crippen LogP contribution in [0, 0.1) is 5.82 Å². The summed E-state index contributed by atoms with van der Waals surface area (Å²) in [4.78, 5) is 25.3. The van der Waals surface area contributed by atoms with E-state index < -0.39 is 11.8 Å². The van der Waals surface area contributed by atoms with Crippen molar-refractivity contribution < 1.29 is 23.5 Å². The SMILES string of the molecule is CCOC(=O)c1sc2cccc(F)c2c1CNc1ccccc1C(=O)NCCOC. The summed E-state index contributed by atoms with van der Waals surface area (Å²) in [5.41, 5.74) is 1.55. The monoisotopic (exact) mass is 430 g/mol. The molecule has 1 amide bonds. The van der Waals surface area contributed by atoms with Crippen LogP contribution >= 0.6 is 11.3 Å². The number of thiophene rings is 1. The minimum Gasteiger partial charge on any atom is -0.462 e. The quantitative estimate of drug-likeness (QED) is 0.393. The third-order valence-electron chi connectivity index (χ3n) is 4.44. The van der Waals surface area contributed by atoms with Gasteiger partial charge >= 0.3 is 5.97 Å². The molecule has 2 N–H and O–H groups in total. The average Bonchev–Trinajstić information content (AvgIpc) is 3.13. The molecule has 0 spiro atoms. The number of nitrogens with one attached hydrogen (secondary N) is 2. The summed E-state index contributed by atoms with van der Waals surface area (Å²) >= 11 is 1.20. The van der Waals surface area contributed by atoms with Gasteiger partial charge in [-0.15, -0.1) is 11.3 Å². The summed E-state index contributed by atoms with van der Waals surface area (Å²) < 4.78 is 25.3. The highest BCUT2D eigenvalue weighted by atomic mass is 32.1. The molecule has 0 saturated carbocycles. The molecule has 0 unspecified atom stereocenters. The number of hydrogen-bond acceptors (Lipinski definition) is 6. The lowest BCUT2D eigenvalue weighted by Gasteiger charge is -2.13. The maximum atomic E-state index is 14.6. The molecule has 158 valence electrons. The van der Waals surface area contributed by atoms with E-state index in [2.05, 4.69) is 10.6 Å². The number of ether oxygens (including phenoxy) is 2. The highest BCUT2D eigenvalue weighted by molar-refractivity contribution is 7.21. The minimum atomic E-state index is -0.486. The Labute approximate surface area is 178 Å². The van der Waals surface area contributed by atoms with Crippen molar-refractivity contribution in [3.8, 4) is 0 Å². The Balaban J connectivity index is 1.90. The maximum Gasteiger partial charge on any atom is 0.348 e. The number of halogens is 1. The molecule has 30 heavy (non-hydrogen) atoms. The number of para-hydroxylation sites is 1. The Morgan fingerprint density at radius 3 is 2.70 bits per heavy atom. The van der Waals surface area contributed by atoms with Crippen LogP contribution in [0.1, 0.15) is 32.5 Å². The minimum absolute atomic E-state index is 0.164. The number of benzene rings is 2. The molecule has 0 aliphatic rings. The second-order valence-electron chi connectivity index (χ2n) is 6.39. The molecule has 0 saturated heterocycles. The van der Waals surface area contributed by atoms with E-state index in [-0.39, 0.29) is 19.1 Å². The Kier molecular flexibility index (Phi) is 7.37. The van der Waals surface area contributed by atoms with Crippen molar-refractivity contribution in [3.63, 3.8) is 0 Å². The molecule has 2 aromatic carbocycles. The van der Waals surface area contributed by atoms with Crippen LogP contribution in [0.25, 0.3) is 10.1 Å². The number of methoxy groups -OCH3 is 1. The van der Waals surface area contributed by atoms with Crippen molar-refractivity contribution in [3.05, 3.63) is 64.3 Å². The highest BCUT2D eigenvalue weighted by Gasteiger charge is 2.22. The third-order valence-corrected chi connectivity index (χ3v) is 5.62. The molecule has 0 atom stereocenters. The molecule has 1 aromatic heterocycles. The zero-order valence-electron chi connectivity index (χ0n) is 16.8. The molecule has 0 radical (unpaired) electrons. The summed E-state index contributed by atoms with van der Waals surface area (Å²) in [5.74, 6) is -1.13. The van der Waals surface area contributed by atoms with Crippen molar-refractivity contribution in [2.75, 3.05) is 32.2 Å². The van der Waals surface area contributed by atoms with Crippen molar-refractivity contribution in [2.45, 2.75) is 13.5 Å². The Morgan fingerprint density at radius 2 is 1.93 bits per heavy atom. The van der Waals surface area contributed by atoms with Gasteiger partial charge in [0.1, 0.15) is 10.7 Å². The first kappa shape index (κ1) is 21.7. The van der Waals surface area contributed by atoms with Crippen molar-refractivity contribution in [2.24, 2.45) is 0 Å². The first-order valence-electron chi connectivity index (χ1n) is 9.53. The summed E-state index contributed by atoms with van der Waals surface area (Å²) in [6.07, 6.45) is 0. The molecule has 0 aliphatic carbocycles. The van der Waals surface area contributed by atoms with Crippen molar-refractivity contribution >= 4 is 39.0 Å². The van der Waals surface area contributed by atoms with Gasteiger partial charge in [0, 0.05) is 41.5 Å². The Hall–Kier alpha value is -2.97. The van der Waals surface area contributed by atoms with Gasteiger partial charge in [-0.05, 0) is 31.2 Å². The number of carbonyl (C=O) groups is 2. The summed E-state index contributed by atoms with van der Waals surface area (Å²) in [6, 6.07) is 11.8. The fourth-order valence-corrected chi connectivity index (χ4v) is 4.21. The number of fused-ring (bicyclic) bond motifs is 1. The number of esters is 1. The van der Waals surface area contributed by atoms with Gasteiger partial charge in [0.05, 0.1) is 18.8 Å². The van der Waals surface area contributed by atoms with Gasteiger partial charge in [0.2, 0.25) is 0 Å². The van der Waals surface area contributed by atoms with Crippen molar-refractivity contribution in [1.82, 2.24) is 5.32 Å². The van der Waals surface area contributed by atoms with E-state index in [9.17, 15) is 14.0 Å². The van der Waals surface area contributed by atoms with E-state index in [1.54, 1.807) is 50.4 Å². The molecular weight excluding hydrogens is 407 g/mol. The Bertz CT molecular complexity index is 1050. The van der Waals surface area contributed by atoms with Gasteiger partial charge in [-0.3, -0.25) is 4.79 Å². The molecule has 3 aromatic rings. The number of hydrogen-bond donors (Lipinski definition) is 2. The van der Waals surface area contributed by atoms with Crippen LogP contribution < -0.4 is 10.6 Å². The predicted octanol–water partition coefficient (Wildman–Crippen LogP) is 4.21. The number of carbonyl (C=O) groups excluding carboxylic acids is 2. The van der Waals surface area contributed by atoms with Crippen LogP contribution in [-0.4, -0.2) is 38.7 Å². The van der Waals surface area contributed by atoms with Crippen molar-refractivity contribution in [1.29, 1.82) is 0 Å². The highest BCUT2D eigenvalue weighted by Crippen LogP contribution is 2.34. The van der Waals surface area contributed by atoms with E-state index in [4.69, 9.17) is 9.47 Å². The summed E-state index contributed by atoms with van der Waals surface area (Å²) in [7, 11) is 1.56. The number of anilines is 1. The fourth-order valence-electron chi connectivity index (χ4n) is 3.08. The standard InChI is InChI=1S/C22H23FN2O4S/c1-3-29-22(27)20-15(19-16(23)8-6-10-18(19)30-20)13-25-17-9-5-4-7-14(17)21(26)24-11-12-28-2/h4-10,25H,3,11-13H2,1-2H3,(H,24,26). The lowest BCUT2D eigenvalue weighted by molar-refractivity contribution is 0.0531. The summed E-state index contributed by atoms with van der Waals surface area (Å²) in [5, 5.41) is 6.36. The smallest absolute Gasteiger partial charge is 0.348 e. The maximum absolute atomic E-state index is 14.6. The normalized spacial score (nSPS) is 10.8. The van der Waals surface area contributed by atoms with Crippen LogP contribution in [0.2, 0.25) is 0 Å². The first-order chi connectivity index (χ1) is 14.6. The van der Waals surface area contributed by atoms with E-state index in [1.165, 1.54) is 17.4 Å². The first-order valence-corrected chi connectivity index (χ1v) is 10.4. The zero-order chi connectivity index (χ0) is 21.5. The molecule has 8 heteroatoms. The topological polar surface area (TPSA) is 76.7 Å². The van der Waals surface area contributed by atoms with Gasteiger partial charge in [-0.1, -0.05) is 18.2 Å². The van der Waals surface area contributed by atoms with E-state index in [1.807, 2.05) is 0 Å². The molecular formula is C22H23FN2O4S. The molecule has 6 nitrogen and oxygen atoms in total. The van der Waals surface area contributed by atoms with Crippen LogP contribution in [0.5, 0.6) is 0 Å².